The van der Waals surface area contributed by atoms with Crippen LogP contribution in [0.1, 0.15) is 22.6 Å². The SMILES string of the molecule is CO[C@H]1O[C@H](COCc2ccccc2)[C@H](F)[C@@H]1c1cc(C)ccc1S(=O)(=O)O. The second-order valence-electron chi connectivity index (χ2n) is 6.77. The van der Waals surface area contributed by atoms with Crippen molar-refractivity contribution in [1.82, 2.24) is 0 Å². The van der Waals surface area contributed by atoms with Crippen LogP contribution in [-0.4, -0.2) is 45.3 Å². The lowest BCUT2D eigenvalue weighted by molar-refractivity contribution is -0.136. The summed E-state index contributed by atoms with van der Waals surface area (Å²) in [4.78, 5) is -0.345. The summed E-state index contributed by atoms with van der Waals surface area (Å²) in [5.41, 5.74) is 1.81. The van der Waals surface area contributed by atoms with Crippen molar-refractivity contribution in [3.05, 3.63) is 65.2 Å². The predicted octanol–water partition coefficient (Wildman–Crippen LogP) is 3.25. The first kappa shape index (κ1) is 20.9. The van der Waals surface area contributed by atoms with Gasteiger partial charge in [0.1, 0.15) is 12.3 Å². The van der Waals surface area contributed by atoms with Crippen molar-refractivity contribution in [3.63, 3.8) is 0 Å². The lowest BCUT2D eigenvalue weighted by Gasteiger charge is -2.21. The third kappa shape index (κ3) is 4.59. The maximum atomic E-state index is 15.2. The standard InChI is InChI=1S/C20H23FO6S/c1-13-8-9-17(28(22,23)24)15(10-13)18-19(21)16(27-20(18)25-2)12-26-11-14-6-4-3-5-7-14/h3-10,16,18-20H,11-12H2,1-2H3,(H,22,23,24)/t16-,18+,19+,20+/m1/s1. The van der Waals surface area contributed by atoms with E-state index < -0.39 is 34.6 Å². The van der Waals surface area contributed by atoms with Crippen molar-refractivity contribution in [1.29, 1.82) is 0 Å². The van der Waals surface area contributed by atoms with Gasteiger partial charge in [0, 0.05) is 7.11 Å². The number of rotatable bonds is 7. The highest BCUT2D eigenvalue weighted by molar-refractivity contribution is 7.85. The molecule has 1 fully saturated rings. The normalized spacial score (nSPS) is 25.1. The first-order chi connectivity index (χ1) is 13.3. The van der Waals surface area contributed by atoms with E-state index in [1.54, 1.807) is 6.92 Å². The van der Waals surface area contributed by atoms with Crippen LogP contribution in [0.15, 0.2) is 53.4 Å². The van der Waals surface area contributed by atoms with Crippen LogP contribution in [0.5, 0.6) is 0 Å². The lowest BCUT2D eigenvalue weighted by Crippen LogP contribution is -2.27. The number of hydrogen-bond acceptors (Lipinski definition) is 5. The van der Waals surface area contributed by atoms with Crippen LogP contribution in [0.4, 0.5) is 4.39 Å². The fourth-order valence-electron chi connectivity index (χ4n) is 3.40. The molecule has 1 aliphatic rings. The van der Waals surface area contributed by atoms with Crippen molar-refractivity contribution in [2.45, 2.75) is 42.9 Å². The number of aryl methyl sites for hydroxylation is 1. The fourth-order valence-corrected chi connectivity index (χ4v) is 4.13. The summed E-state index contributed by atoms with van der Waals surface area (Å²) < 4.78 is 64.8. The number of halogens is 1. The van der Waals surface area contributed by atoms with Crippen LogP contribution >= 0.6 is 0 Å². The van der Waals surface area contributed by atoms with Gasteiger partial charge in [-0.1, -0.05) is 48.0 Å². The molecule has 6 nitrogen and oxygen atoms in total. The van der Waals surface area contributed by atoms with Crippen LogP contribution in [-0.2, 0) is 30.9 Å². The van der Waals surface area contributed by atoms with Gasteiger partial charge in [-0.25, -0.2) is 4.39 Å². The van der Waals surface area contributed by atoms with Gasteiger partial charge in [-0.2, -0.15) is 8.42 Å². The maximum absolute atomic E-state index is 15.2. The highest BCUT2D eigenvalue weighted by atomic mass is 32.2. The molecule has 0 amide bonds. The Labute approximate surface area is 164 Å². The van der Waals surface area contributed by atoms with Crippen LogP contribution in [0.3, 0.4) is 0 Å². The Morgan fingerprint density at radius 3 is 2.54 bits per heavy atom. The molecule has 0 radical (unpaired) electrons. The molecule has 1 saturated heterocycles. The Morgan fingerprint density at radius 1 is 1.18 bits per heavy atom. The molecular formula is C20H23FO6S. The number of alkyl halides is 1. The van der Waals surface area contributed by atoms with Crippen LogP contribution < -0.4 is 0 Å². The molecular weight excluding hydrogens is 387 g/mol. The van der Waals surface area contributed by atoms with E-state index in [1.807, 2.05) is 30.3 Å². The Balaban J connectivity index is 1.79. The summed E-state index contributed by atoms with van der Waals surface area (Å²) in [6.07, 6.45) is -3.49. The minimum absolute atomic E-state index is 0.0144. The van der Waals surface area contributed by atoms with Crippen molar-refractivity contribution in [2.75, 3.05) is 13.7 Å². The molecule has 0 saturated carbocycles. The van der Waals surface area contributed by atoms with E-state index in [2.05, 4.69) is 0 Å². The summed E-state index contributed by atoms with van der Waals surface area (Å²) in [6, 6.07) is 13.8. The van der Waals surface area contributed by atoms with E-state index in [4.69, 9.17) is 14.2 Å². The summed E-state index contributed by atoms with van der Waals surface area (Å²) in [5, 5.41) is 0. The average Bonchev–Trinajstić information content (AvgIpc) is 2.97. The summed E-state index contributed by atoms with van der Waals surface area (Å²) >= 11 is 0. The molecule has 0 aliphatic carbocycles. The maximum Gasteiger partial charge on any atom is 0.294 e. The van der Waals surface area contributed by atoms with Gasteiger partial charge in [0.2, 0.25) is 0 Å². The third-order valence-corrected chi connectivity index (χ3v) is 5.66. The van der Waals surface area contributed by atoms with Gasteiger partial charge in [-0.15, -0.1) is 0 Å². The van der Waals surface area contributed by atoms with Crippen molar-refractivity contribution >= 4 is 10.1 Å². The average molecular weight is 410 g/mol. The van der Waals surface area contributed by atoms with Crippen molar-refractivity contribution in [3.8, 4) is 0 Å². The molecule has 1 aliphatic heterocycles. The van der Waals surface area contributed by atoms with E-state index in [-0.39, 0.29) is 17.1 Å². The van der Waals surface area contributed by atoms with Gasteiger partial charge in [0.15, 0.2) is 6.29 Å². The number of methoxy groups -OCH3 is 1. The Kier molecular flexibility index (Phi) is 6.47. The third-order valence-electron chi connectivity index (χ3n) is 4.73. The zero-order valence-electron chi connectivity index (χ0n) is 15.6. The first-order valence-corrected chi connectivity index (χ1v) is 10.3. The first-order valence-electron chi connectivity index (χ1n) is 8.83. The molecule has 8 heteroatoms. The molecule has 1 N–H and O–H groups in total. The summed E-state index contributed by atoms with van der Waals surface area (Å²) in [7, 11) is -3.16. The van der Waals surface area contributed by atoms with Gasteiger partial charge in [0.25, 0.3) is 10.1 Å². The largest absolute Gasteiger partial charge is 0.374 e. The number of benzene rings is 2. The molecule has 28 heavy (non-hydrogen) atoms. The smallest absolute Gasteiger partial charge is 0.294 e. The molecule has 4 atom stereocenters. The number of hydrogen-bond donors (Lipinski definition) is 1. The molecule has 1 heterocycles. The molecule has 3 rings (SSSR count). The van der Waals surface area contributed by atoms with E-state index in [0.29, 0.717) is 6.61 Å². The zero-order chi connectivity index (χ0) is 20.3. The van der Waals surface area contributed by atoms with Gasteiger partial charge >= 0.3 is 0 Å². The van der Waals surface area contributed by atoms with Crippen molar-refractivity contribution in [2.24, 2.45) is 0 Å². The van der Waals surface area contributed by atoms with Gasteiger partial charge in [-0.05, 0) is 24.1 Å². The fraction of sp³-hybridized carbons (Fsp3) is 0.400. The van der Waals surface area contributed by atoms with E-state index in [1.165, 1.54) is 25.3 Å². The summed E-state index contributed by atoms with van der Waals surface area (Å²) in [5.74, 6) is -1.01. The summed E-state index contributed by atoms with van der Waals surface area (Å²) in [6.45, 7) is 2.04. The molecule has 0 spiro atoms. The van der Waals surface area contributed by atoms with E-state index >= 15 is 4.39 Å². The highest BCUT2D eigenvalue weighted by Gasteiger charge is 2.47. The minimum Gasteiger partial charge on any atom is -0.374 e. The second-order valence-corrected chi connectivity index (χ2v) is 8.16. The zero-order valence-corrected chi connectivity index (χ0v) is 16.4. The molecule has 0 bridgehead atoms. The number of ether oxygens (including phenoxy) is 3. The quantitative estimate of drug-likeness (QED) is 0.706. The Morgan fingerprint density at radius 2 is 1.89 bits per heavy atom. The van der Waals surface area contributed by atoms with Crippen LogP contribution in [0.25, 0.3) is 0 Å². The van der Waals surface area contributed by atoms with Gasteiger partial charge in [0.05, 0.1) is 24.0 Å². The van der Waals surface area contributed by atoms with Gasteiger partial charge < -0.3 is 14.2 Å². The molecule has 2 aromatic rings. The molecule has 2 aromatic carbocycles. The van der Waals surface area contributed by atoms with E-state index in [0.717, 1.165) is 11.1 Å². The highest BCUT2D eigenvalue weighted by Crippen LogP contribution is 2.41. The topological polar surface area (TPSA) is 82.1 Å². The van der Waals surface area contributed by atoms with Crippen LogP contribution in [0.2, 0.25) is 0 Å². The minimum atomic E-state index is -4.52. The predicted molar refractivity (Wildman–Crippen MR) is 100 cm³/mol. The van der Waals surface area contributed by atoms with Crippen LogP contribution in [0, 0.1) is 6.92 Å². The lowest BCUT2D eigenvalue weighted by atomic mass is 9.92. The molecule has 0 unspecified atom stereocenters. The Hall–Kier alpha value is -1.84. The van der Waals surface area contributed by atoms with E-state index in [9.17, 15) is 13.0 Å². The molecule has 0 aromatic heterocycles. The molecule has 152 valence electrons. The Bertz CT molecular complexity index is 902. The second kappa shape index (κ2) is 8.67. The van der Waals surface area contributed by atoms with Crippen molar-refractivity contribution < 1.29 is 31.6 Å². The van der Waals surface area contributed by atoms with Gasteiger partial charge in [-0.3, -0.25) is 4.55 Å². The monoisotopic (exact) mass is 410 g/mol.